The molecule has 0 bridgehead atoms. The van der Waals surface area contributed by atoms with Crippen molar-refractivity contribution in [3.63, 3.8) is 0 Å². The van der Waals surface area contributed by atoms with E-state index >= 15 is 0 Å². The molecule has 0 amide bonds. The highest BCUT2D eigenvalue weighted by Gasteiger charge is 2.11. The molecule has 0 aliphatic rings. The third kappa shape index (κ3) is 2.13. The summed E-state index contributed by atoms with van der Waals surface area (Å²) >= 11 is 0. The number of aromatic nitrogens is 1. The van der Waals surface area contributed by atoms with Gasteiger partial charge in [-0.2, -0.15) is 0 Å². The highest BCUT2D eigenvalue weighted by molar-refractivity contribution is 5.86. The molecule has 0 fully saturated rings. The van der Waals surface area contributed by atoms with Crippen LogP contribution in [0.2, 0.25) is 0 Å². The van der Waals surface area contributed by atoms with Crippen LogP contribution in [-0.4, -0.2) is 10.9 Å². The number of rotatable bonds is 3. The van der Waals surface area contributed by atoms with Crippen molar-refractivity contribution in [3.05, 3.63) is 48.0 Å². The summed E-state index contributed by atoms with van der Waals surface area (Å²) in [4.78, 5) is 11.2. The third-order valence-corrected chi connectivity index (χ3v) is 2.78. The van der Waals surface area contributed by atoms with Crippen molar-refractivity contribution >= 4 is 6.29 Å². The second-order valence-electron chi connectivity index (χ2n) is 4.24. The van der Waals surface area contributed by atoms with Gasteiger partial charge in [-0.25, -0.2) is 4.39 Å². The summed E-state index contributed by atoms with van der Waals surface area (Å²) in [6.45, 7) is 4.03. The Morgan fingerprint density at radius 3 is 2.35 bits per heavy atom. The standard InChI is InChI=1S/C14H14FNO/c1-10(2)16-8-7-13(14(16)9-17)11-3-5-12(15)6-4-11/h3-10H,1-2H3. The molecule has 0 spiro atoms. The molecule has 0 atom stereocenters. The molecule has 0 unspecified atom stereocenters. The summed E-state index contributed by atoms with van der Waals surface area (Å²) in [5.41, 5.74) is 2.33. The maximum Gasteiger partial charge on any atom is 0.167 e. The molecule has 0 aliphatic heterocycles. The minimum absolute atomic E-state index is 0.226. The van der Waals surface area contributed by atoms with E-state index in [1.165, 1.54) is 12.1 Å². The van der Waals surface area contributed by atoms with Gasteiger partial charge >= 0.3 is 0 Å². The lowest BCUT2D eigenvalue weighted by molar-refractivity contribution is 0.111. The summed E-state index contributed by atoms with van der Waals surface area (Å²) < 4.78 is 14.8. The Hall–Kier alpha value is -1.90. The van der Waals surface area contributed by atoms with Crippen LogP contribution in [0.5, 0.6) is 0 Å². The summed E-state index contributed by atoms with van der Waals surface area (Å²) in [6.07, 6.45) is 2.73. The zero-order valence-corrected chi connectivity index (χ0v) is 9.85. The summed E-state index contributed by atoms with van der Waals surface area (Å²) in [5.74, 6) is -0.273. The second kappa shape index (κ2) is 4.53. The number of halogens is 1. The molecule has 2 aromatic rings. The molecule has 3 heteroatoms. The van der Waals surface area contributed by atoms with Gasteiger partial charge in [0.2, 0.25) is 0 Å². The minimum Gasteiger partial charge on any atom is -0.342 e. The number of aldehydes is 1. The highest BCUT2D eigenvalue weighted by atomic mass is 19.1. The van der Waals surface area contributed by atoms with Gasteiger partial charge in [-0.15, -0.1) is 0 Å². The first kappa shape index (κ1) is 11.6. The van der Waals surface area contributed by atoms with Gasteiger partial charge in [-0.05, 0) is 37.6 Å². The van der Waals surface area contributed by atoms with Crippen molar-refractivity contribution in [3.8, 4) is 11.1 Å². The van der Waals surface area contributed by atoms with E-state index in [1.807, 2.05) is 30.7 Å². The van der Waals surface area contributed by atoms with Gasteiger partial charge in [0.05, 0.1) is 5.69 Å². The lowest BCUT2D eigenvalue weighted by Crippen LogP contribution is -2.03. The number of benzene rings is 1. The Morgan fingerprint density at radius 1 is 1.18 bits per heavy atom. The van der Waals surface area contributed by atoms with Gasteiger partial charge in [0.25, 0.3) is 0 Å². The Bertz CT molecular complexity index is 526. The fourth-order valence-corrected chi connectivity index (χ4v) is 1.91. The molecule has 1 aromatic heterocycles. The number of hydrogen-bond donors (Lipinski definition) is 0. The number of carbonyl (C=O) groups excluding carboxylic acids is 1. The Kier molecular flexibility index (Phi) is 3.09. The van der Waals surface area contributed by atoms with Crippen LogP contribution in [0.15, 0.2) is 36.5 Å². The van der Waals surface area contributed by atoms with E-state index in [0.29, 0.717) is 5.69 Å². The lowest BCUT2D eigenvalue weighted by Gasteiger charge is -2.10. The molecular formula is C14H14FNO. The molecule has 2 rings (SSSR count). The normalized spacial score (nSPS) is 10.8. The van der Waals surface area contributed by atoms with E-state index in [2.05, 4.69) is 0 Å². The Balaban J connectivity index is 2.52. The first-order valence-electron chi connectivity index (χ1n) is 5.55. The Labute approximate surface area is 99.7 Å². The van der Waals surface area contributed by atoms with E-state index in [0.717, 1.165) is 17.4 Å². The maximum atomic E-state index is 12.8. The van der Waals surface area contributed by atoms with Crippen molar-refractivity contribution in [2.24, 2.45) is 0 Å². The molecule has 17 heavy (non-hydrogen) atoms. The average Bonchev–Trinajstić information content (AvgIpc) is 2.73. The quantitative estimate of drug-likeness (QED) is 0.738. The molecule has 0 saturated heterocycles. The fraction of sp³-hybridized carbons (Fsp3) is 0.214. The molecule has 0 aliphatic carbocycles. The number of carbonyl (C=O) groups is 1. The first-order chi connectivity index (χ1) is 8.13. The molecule has 0 radical (unpaired) electrons. The van der Waals surface area contributed by atoms with Crippen molar-refractivity contribution in [2.75, 3.05) is 0 Å². The maximum absolute atomic E-state index is 12.8. The van der Waals surface area contributed by atoms with Crippen LogP contribution in [0.1, 0.15) is 30.4 Å². The van der Waals surface area contributed by atoms with Crippen LogP contribution in [-0.2, 0) is 0 Å². The van der Waals surface area contributed by atoms with E-state index < -0.39 is 0 Å². The molecule has 0 N–H and O–H groups in total. The largest absolute Gasteiger partial charge is 0.342 e. The van der Waals surface area contributed by atoms with Crippen molar-refractivity contribution in [1.29, 1.82) is 0 Å². The predicted molar refractivity (Wildman–Crippen MR) is 65.6 cm³/mol. The number of hydrogen-bond acceptors (Lipinski definition) is 1. The van der Waals surface area contributed by atoms with Crippen LogP contribution in [0.4, 0.5) is 4.39 Å². The van der Waals surface area contributed by atoms with Crippen molar-refractivity contribution in [2.45, 2.75) is 19.9 Å². The van der Waals surface area contributed by atoms with Crippen LogP contribution in [0.25, 0.3) is 11.1 Å². The predicted octanol–water partition coefficient (Wildman–Crippen LogP) is 3.69. The van der Waals surface area contributed by atoms with Crippen LogP contribution < -0.4 is 0 Å². The molecule has 0 saturated carbocycles. The summed E-state index contributed by atoms with van der Waals surface area (Å²) in [6, 6.07) is 8.28. The van der Waals surface area contributed by atoms with Crippen molar-refractivity contribution in [1.82, 2.24) is 4.57 Å². The van der Waals surface area contributed by atoms with Crippen LogP contribution in [0, 0.1) is 5.82 Å². The fourth-order valence-electron chi connectivity index (χ4n) is 1.91. The van der Waals surface area contributed by atoms with Gasteiger partial charge in [0, 0.05) is 17.8 Å². The number of nitrogens with zero attached hydrogens (tertiary/aromatic N) is 1. The van der Waals surface area contributed by atoms with Crippen LogP contribution in [0.3, 0.4) is 0 Å². The van der Waals surface area contributed by atoms with E-state index in [9.17, 15) is 9.18 Å². The van der Waals surface area contributed by atoms with Gasteiger partial charge in [0.15, 0.2) is 6.29 Å². The second-order valence-corrected chi connectivity index (χ2v) is 4.24. The van der Waals surface area contributed by atoms with Gasteiger partial charge < -0.3 is 4.57 Å². The molecule has 1 heterocycles. The lowest BCUT2D eigenvalue weighted by atomic mass is 10.1. The van der Waals surface area contributed by atoms with E-state index in [4.69, 9.17) is 0 Å². The molecule has 88 valence electrons. The molecular weight excluding hydrogens is 217 g/mol. The monoisotopic (exact) mass is 231 g/mol. The van der Waals surface area contributed by atoms with Gasteiger partial charge in [0.1, 0.15) is 5.82 Å². The average molecular weight is 231 g/mol. The smallest absolute Gasteiger partial charge is 0.167 e. The SMILES string of the molecule is CC(C)n1ccc(-c2ccc(F)cc2)c1C=O. The van der Waals surface area contributed by atoms with Crippen LogP contribution >= 0.6 is 0 Å². The zero-order valence-electron chi connectivity index (χ0n) is 9.85. The van der Waals surface area contributed by atoms with Crippen molar-refractivity contribution < 1.29 is 9.18 Å². The molecule has 2 nitrogen and oxygen atoms in total. The van der Waals surface area contributed by atoms with E-state index in [-0.39, 0.29) is 11.9 Å². The topological polar surface area (TPSA) is 22.0 Å². The summed E-state index contributed by atoms with van der Waals surface area (Å²) in [5, 5.41) is 0. The summed E-state index contributed by atoms with van der Waals surface area (Å²) in [7, 11) is 0. The highest BCUT2D eigenvalue weighted by Crippen LogP contribution is 2.26. The van der Waals surface area contributed by atoms with Gasteiger partial charge in [-0.1, -0.05) is 12.1 Å². The minimum atomic E-state index is -0.273. The third-order valence-electron chi connectivity index (χ3n) is 2.78. The first-order valence-corrected chi connectivity index (χ1v) is 5.55. The van der Waals surface area contributed by atoms with E-state index in [1.54, 1.807) is 12.1 Å². The zero-order chi connectivity index (χ0) is 12.4. The molecule has 1 aromatic carbocycles. The Morgan fingerprint density at radius 2 is 1.82 bits per heavy atom. The van der Waals surface area contributed by atoms with Gasteiger partial charge in [-0.3, -0.25) is 4.79 Å².